The first kappa shape index (κ1) is 16.7. The summed E-state index contributed by atoms with van der Waals surface area (Å²) in [6, 6.07) is 2.11. The predicted octanol–water partition coefficient (Wildman–Crippen LogP) is -0.656. The standard InChI is InChI=1S/C7H6O7S2.Na.H/c8-4-5-3-6(15(9,10)11)1-2-7(5)16(12,13)14;;/h1-4H,(H,9,10,11)(H,12,13,14);;. The second kappa shape index (κ2) is 5.57. The molecule has 0 saturated heterocycles. The van der Waals surface area contributed by atoms with Gasteiger partial charge in [-0.2, -0.15) is 16.8 Å². The molecule has 1 rings (SSSR count). The van der Waals surface area contributed by atoms with Crippen molar-refractivity contribution in [3.63, 3.8) is 0 Å². The van der Waals surface area contributed by atoms with Gasteiger partial charge in [-0.1, -0.05) is 0 Å². The molecular weight excluding hydrogens is 283 g/mol. The second-order valence-corrected chi connectivity index (χ2v) is 5.58. The number of benzene rings is 1. The van der Waals surface area contributed by atoms with Crippen molar-refractivity contribution in [2.24, 2.45) is 0 Å². The van der Waals surface area contributed by atoms with E-state index in [1.54, 1.807) is 0 Å². The van der Waals surface area contributed by atoms with Crippen molar-refractivity contribution in [2.45, 2.75) is 9.79 Å². The minimum absolute atomic E-state index is 0. The third-order valence-corrected chi connectivity index (χ3v) is 3.46. The monoisotopic (exact) mass is 290 g/mol. The van der Waals surface area contributed by atoms with E-state index in [9.17, 15) is 21.6 Å². The van der Waals surface area contributed by atoms with Gasteiger partial charge in [0.2, 0.25) is 0 Å². The van der Waals surface area contributed by atoms with E-state index in [2.05, 4.69) is 0 Å². The van der Waals surface area contributed by atoms with Crippen molar-refractivity contribution in [2.75, 3.05) is 0 Å². The van der Waals surface area contributed by atoms with Crippen LogP contribution in [0.5, 0.6) is 0 Å². The Kier molecular flexibility index (Phi) is 5.47. The van der Waals surface area contributed by atoms with Crippen LogP contribution in [-0.2, 0) is 20.2 Å². The van der Waals surface area contributed by atoms with Gasteiger partial charge < -0.3 is 0 Å². The Morgan fingerprint density at radius 3 is 1.88 bits per heavy atom. The van der Waals surface area contributed by atoms with Gasteiger partial charge in [-0.25, -0.2) is 0 Å². The van der Waals surface area contributed by atoms with Crippen LogP contribution in [0.4, 0.5) is 0 Å². The molecule has 1 aromatic carbocycles. The van der Waals surface area contributed by atoms with Crippen LogP contribution < -0.4 is 0 Å². The fraction of sp³-hybridized carbons (Fsp3) is 0. The predicted molar refractivity (Wildman–Crippen MR) is 58.6 cm³/mol. The number of hydrogen-bond donors (Lipinski definition) is 2. The summed E-state index contributed by atoms with van der Waals surface area (Å²) in [5.74, 6) is 0. The van der Waals surface area contributed by atoms with Crippen LogP contribution in [-0.4, -0.2) is 61.8 Å². The summed E-state index contributed by atoms with van der Waals surface area (Å²) in [6.45, 7) is 0. The molecule has 7 nitrogen and oxygen atoms in total. The number of rotatable bonds is 3. The normalized spacial score (nSPS) is 11.6. The van der Waals surface area contributed by atoms with Gasteiger partial charge in [0.15, 0.2) is 6.29 Å². The van der Waals surface area contributed by atoms with Gasteiger partial charge in [0.05, 0.1) is 4.90 Å². The molecule has 0 aliphatic rings. The van der Waals surface area contributed by atoms with Crippen molar-refractivity contribution >= 4 is 56.1 Å². The molecule has 1 aromatic rings. The van der Waals surface area contributed by atoms with E-state index in [1.165, 1.54) is 0 Å². The van der Waals surface area contributed by atoms with Crippen LogP contribution in [0.15, 0.2) is 28.0 Å². The summed E-state index contributed by atoms with van der Waals surface area (Å²) < 4.78 is 60.2. The van der Waals surface area contributed by atoms with Crippen LogP contribution in [0, 0.1) is 0 Å². The Morgan fingerprint density at radius 2 is 1.53 bits per heavy atom. The van der Waals surface area contributed by atoms with Crippen LogP contribution in [0.25, 0.3) is 0 Å². The zero-order valence-corrected chi connectivity index (χ0v) is 9.19. The first-order valence-electron chi connectivity index (χ1n) is 3.70. The summed E-state index contributed by atoms with van der Waals surface area (Å²) in [5, 5.41) is 0. The van der Waals surface area contributed by atoms with E-state index in [0.29, 0.717) is 12.1 Å². The van der Waals surface area contributed by atoms with Gasteiger partial charge in [-0.15, -0.1) is 0 Å². The molecule has 17 heavy (non-hydrogen) atoms. The fourth-order valence-corrected chi connectivity index (χ4v) is 2.17. The molecule has 10 heteroatoms. The van der Waals surface area contributed by atoms with Crippen LogP contribution in [0.3, 0.4) is 0 Å². The summed E-state index contributed by atoms with van der Waals surface area (Å²) >= 11 is 0. The summed E-state index contributed by atoms with van der Waals surface area (Å²) in [5.41, 5.74) is -0.558. The van der Waals surface area contributed by atoms with Crippen LogP contribution in [0.2, 0.25) is 0 Å². The summed E-state index contributed by atoms with van der Waals surface area (Å²) in [7, 11) is -9.15. The van der Waals surface area contributed by atoms with Crippen LogP contribution in [0.1, 0.15) is 10.4 Å². The van der Waals surface area contributed by atoms with Crippen molar-refractivity contribution in [1.82, 2.24) is 0 Å². The molecule has 0 aliphatic heterocycles. The van der Waals surface area contributed by atoms with Crippen LogP contribution >= 0.6 is 0 Å². The maximum atomic E-state index is 10.8. The Morgan fingerprint density at radius 1 is 1.00 bits per heavy atom. The molecule has 2 N–H and O–H groups in total. The molecule has 0 fully saturated rings. The quantitative estimate of drug-likeness (QED) is 0.430. The Bertz CT molecular complexity index is 632. The van der Waals surface area contributed by atoms with Gasteiger partial charge in [-0.05, 0) is 18.2 Å². The number of carbonyl (C=O) groups is 1. The Balaban J connectivity index is 0.00000256. The van der Waals surface area contributed by atoms with E-state index in [0.717, 1.165) is 6.07 Å². The van der Waals surface area contributed by atoms with E-state index in [4.69, 9.17) is 9.11 Å². The van der Waals surface area contributed by atoms with Gasteiger partial charge in [-0.3, -0.25) is 13.9 Å². The van der Waals surface area contributed by atoms with Gasteiger partial charge >= 0.3 is 29.6 Å². The molecule has 0 radical (unpaired) electrons. The Hall–Kier alpha value is -0.290. The average molecular weight is 290 g/mol. The third-order valence-electron chi connectivity index (χ3n) is 1.68. The van der Waals surface area contributed by atoms with Crippen molar-refractivity contribution in [3.05, 3.63) is 23.8 Å². The van der Waals surface area contributed by atoms with E-state index < -0.39 is 35.6 Å². The molecule has 0 aliphatic carbocycles. The second-order valence-electron chi connectivity index (χ2n) is 2.77. The molecule has 0 heterocycles. The van der Waals surface area contributed by atoms with Gasteiger partial charge in [0.1, 0.15) is 4.90 Å². The molecule has 0 spiro atoms. The molecule has 0 amide bonds. The van der Waals surface area contributed by atoms with Crippen molar-refractivity contribution in [3.8, 4) is 0 Å². The Labute approximate surface area is 120 Å². The summed E-state index contributed by atoms with van der Waals surface area (Å²) in [6.07, 6.45) is 0.0534. The summed E-state index contributed by atoms with van der Waals surface area (Å²) in [4.78, 5) is 9.14. The molecule has 90 valence electrons. The topological polar surface area (TPSA) is 126 Å². The number of aldehydes is 1. The van der Waals surface area contributed by atoms with E-state index in [-0.39, 0.29) is 35.8 Å². The zero-order chi connectivity index (χ0) is 12.6. The van der Waals surface area contributed by atoms with Crippen molar-refractivity contribution < 1.29 is 30.7 Å². The first-order chi connectivity index (χ1) is 7.16. The SMILES string of the molecule is O=Cc1cc(S(=O)(=O)O)ccc1S(=O)(=O)O.[NaH]. The third kappa shape index (κ3) is 4.14. The molecule has 0 atom stereocenters. The van der Waals surface area contributed by atoms with Gasteiger partial charge in [0.25, 0.3) is 20.2 Å². The molecule has 0 saturated carbocycles. The molecule has 0 unspecified atom stereocenters. The number of hydrogen-bond acceptors (Lipinski definition) is 5. The molecular formula is C7H7NaO7S2. The number of carbonyl (C=O) groups excluding carboxylic acids is 1. The molecule has 0 bridgehead atoms. The fourth-order valence-electron chi connectivity index (χ4n) is 1.01. The minimum atomic E-state index is -4.62. The van der Waals surface area contributed by atoms with E-state index >= 15 is 0 Å². The maximum absolute atomic E-state index is 10.8. The zero-order valence-electron chi connectivity index (χ0n) is 7.56. The van der Waals surface area contributed by atoms with E-state index in [1.807, 2.05) is 0 Å². The first-order valence-corrected chi connectivity index (χ1v) is 6.58. The average Bonchev–Trinajstić information content (AvgIpc) is 2.14. The molecule has 0 aromatic heterocycles. The van der Waals surface area contributed by atoms with Crippen molar-refractivity contribution in [1.29, 1.82) is 0 Å². The van der Waals surface area contributed by atoms with Gasteiger partial charge in [0, 0.05) is 5.56 Å².